The Hall–Kier alpha value is -3.07. The number of anilines is 1. The molecule has 3 rings (SSSR count). The number of hydrogen-bond donors (Lipinski definition) is 3. The van der Waals surface area contributed by atoms with E-state index in [1.165, 1.54) is 11.3 Å². The van der Waals surface area contributed by atoms with Gasteiger partial charge in [-0.15, -0.1) is 11.3 Å². The van der Waals surface area contributed by atoms with Crippen LogP contribution in [0.25, 0.3) is 0 Å². The third-order valence-electron chi connectivity index (χ3n) is 5.00. The lowest BCUT2D eigenvalue weighted by Gasteiger charge is -2.11. The molecule has 30 heavy (non-hydrogen) atoms. The summed E-state index contributed by atoms with van der Waals surface area (Å²) < 4.78 is 10.5. The lowest BCUT2D eigenvalue weighted by Crippen LogP contribution is -2.36. The van der Waals surface area contributed by atoms with Gasteiger partial charge in [0.2, 0.25) is 0 Å². The van der Waals surface area contributed by atoms with E-state index in [1.807, 2.05) is 12.1 Å². The van der Waals surface area contributed by atoms with Gasteiger partial charge in [-0.05, 0) is 55.4 Å². The van der Waals surface area contributed by atoms with Gasteiger partial charge in [0.05, 0.1) is 19.8 Å². The summed E-state index contributed by atoms with van der Waals surface area (Å²) in [5.41, 5.74) is 7.69. The van der Waals surface area contributed by atoms with E-state index < -0.39 is 17.7 Å². The lowest BCUT2D eigenvalue weighted by molar-refractivity contribution is -0.136. The van der Waals surface area contributed by atoms with Crippen molar-refractivity contribution in [2.45, 2.75) is 32.1 Å². The zero-order chi connectivity index (χ0) is 21.7. The largest absolute Gasteiger partial charge is 0.493 e. The van der Waals surface area contributed by atoms with Gasteiger partial charge in [0.25, 0.3) is 5.91 Å². The van der Waals surface area contributed by atoms with Gasteiger partial charge in [0.15, 0.2) is 11.5 Å². The summed E-state index contributed by atoms with van der Waals surface area (Å²) in [6.45, 7) is 0.269. The fourth-order valence-electron chi connectivity index (χ4n) is 3.51. The topological polar surface area (TPSA) is 120 Å². The van der Waals surface area contributed by atoms with E-state index >= 15 is 0 Å². The van der Waals surface area contributed by atoms with E-state index in [1.54, 1.807) is 20.3 Å². The van der Waals surface area contributed by atoms with Crippen LogP contribution in [-0.4, -0.2) is 38.5 Å². The van der Waals surface area contributed by atoms with Gasteiger partial charge in [-0.3, -0.25) is 14.4 Å². The third kappa shape index (κ3) is 4.73. The summed E-state index contributed by atoms with van der Waals surface area (Å²) in [5.74, 6) is -0.951. The molecule has 160 valence electrons. The molecule has 0 fully saturated rings. The molecule has 0 saturated carbocycles. The molecule has 1 heterocycles. The molecule has 0 atom stereocenters. The van der Waals surface area contributed by atoms with Crippen molar-refractivity contribution in [3.63, 3.8) is 0 Å². The Morgan fingerprint density at radius 2 is 1.80 bits per heavy atom. The van der Waals surface area contributed by atoms with Gasteiger partial charge in [0.1, 0.15) is 5.00 Å². The molecule has 1 aromatic carbocycles. The molecular formula is C21H25N3O5S. The highest BCUT2D eigenvalue weighted by atomic mass is 32.1. The Kier molecular flexibility index (Phi) is 6.94. The Labute approximate surface area is 178 Å². The smallest absolute Gasteiger partial charge is 0.314 e. The molecule has 0 aliphatic heterocycles. The van der Waals surface area contributed by atoms with E-state index in [2.05, 4.69) is 10.6 Å². The first kappa shape index (κ1) is 21.6. The number of thiophene rings is 1. The molecule has 1 aliphatic carbocycles. The Balaban J connectivity index is 1.59. The number of amides is 3. The zero-order valence-corrected chi connectivity index (χ0v) is 17.8. The van der Waals surface area contributed by atoms with Gasteiger partial charge in [-0.1, -0.05) is 6.07 Å². The van der Waals surface area contributed by atoms with Crippen LogP contribution in [0.1, 0.15) is 39.2 Å². The molecule has 0 bridgehead atoms. The summed E-state index contributed by atoms with van der Waals surface area (Å²) in [7, 11) is 3.11. The summed E-state index contributed by atoms with van der Waals surface area (Å²) in [4.78, 5) is 37.5. The summed E-state index contributed by atoms with van der Waals surface area (Å²) >= 11 is 1.33. The second-order valence-electron chi connectivity index (χ2n) is 6.93. The highest BCUT2D eigenvalue weighted by Gasteiger charge is 2.26. The number of nitrogens with two attached hydrogens (primary N) is 1. The molecule has 9 heteroatoms. The fraction of sp³-hybridized carbons (Fsp3) is 0.381. The molecule has 0 unspecified atom stereocenters. The minimum absolute atomic E-state index is 0.269. The fourth-order valence-corrected chi connectivity index (χ4v) is 4.80. The second kappa shape index (κ2) is 9.62. The number of nitrogens with one attached hydrogen (secondary N) is 2. The number of primary amides is 1. The molecular weight excluding hydrogens is 406 g/mol. The van der Waals surface area contributed by atoms with Crippen molar-refractivity contribution in [3.05, 3.63) is 39.8 Å². The summed E-state index contributed by atoms with van der Waals surface area (Å²) in [5, 5.41) is 5.51. The van der Waals surface area contributed by atoms with Crippen molar-refractivity contribution in [1.29, 1.82) is 0 Å². The number of methoxy groups -OCH3 is 2. The van der Waals surface area contributed by atoms with Gasteiger partial charge in [-0.25, -0.2) is 0 Å². The maximum absolute atomic E-state index is 12.3. The molecule has 4 N–H and O–H groups in total. The van der Waals surface area contributed by atoms with Crippen molar-refractivity contribution in [2.75, 3.05) is 26.1 Å². The molecule has 0 radical (unpaired) electrons. The first-order chi connectivity index (χ1) is 14.4. The predicted octanol–water partition coefficient (Wildman–Crippen LogP) is 2.04. The number of fused-ring (bicyclic) bond motifs is 1. The Morgan fingerprint density at radius 3 is 2.50 bits per heavy atom. The van der Waals surface area contributed by atoms with Crippen molar-refractivity contribution in [3.8, 4) is 11.5 Å². The van der Waals surface area contributed by atoms with Crippen LogP contribution in [0.4, 0.5) is 5.00 Å². The van der Waals surface area contributed by atoms with E-state index in [4.69, 9.17) is 15.2 Å². The van der Waals surface area contributed by atoms with Crippen LogP contribution >= 0.6 is 11.3 Å². The van der Waals surface area contributed by atoms with Gasteiger partial charge < -0.3 is 25.8 Å². The number of carbonyl (C=O) groups is 3. The standard InChI is InChI=1S/C21H25N3O5S/c1-28-14-8-7-12(11-15(14)29-2)9-10-23-19(26)20(27)24-21-17(18(22)25)13-5-3-4-6-16(13)30-21/h7-8,11H,3-6,9-10H2,1-2H3,(H2,22,25)(H,23,26)(H,24,27). The van der Waals surface area contributed by atoms with E-state index in [0.717, 1.165) is 41.7 Å². The number of aryl methyl sites for hydroxylation is 1. The normalized spacial score (nSPS) is 12.6. The van der Waals surface area contributed by atoms with Gasteiger partial charge in [-0.2, -0.15) is 0 Å². The van der Waals surface area contributed by atoms with Crippen LogP contribution in [0.3, 0.4) is 0 Å². The van der Waals surface area contributed by atoms with E-state index in [9.17, 15) is 14.4 Å². The molecule has 2 aromatic rings. The van der Waals surface area contributed by atoms with Crippen LogP contribution < -0.4 is 25.8 Å². The van der Waals surface area contributed by atoms with Crippen LogP contribution in [0.15, 0.2) is 18.2 Å². The van der Waals surface area contributed by atoms with E-state index in [0.29, 0.717) is 28.5 Å². The summed E-state index contributed by atoms with van der Waals surface area (Å²) in [6, 6.07) is 5.47. The van der Waals surface area contributed by atoms with Crippen LogP contribution in [0.2, 0.25) is 0 Å². The third-order valence-corrected chi connectivity index (χ3v) is 6.21. The Bertz CT molecular complexity index is 970. The van der Waals surface area contributed by atoms with Crippen LogP contribution in [0, 0.1) is 0 Å². The Morgan fingerprint density at radius 1 is 1.07 bits per heavy atom. The maximum Gasteiger partial charge on any atom is 0.314 e. The van der Waals surface area contributed by atoms with Crippen LogP contribution in [-0.2, 0) is 28.9 Å². The van der Waals surface area contributed by atoms with E-state index in [-0.39, 0.29) is 6.54 Å². The average Bonchev–Trinajstić information content (AvgIpc) is 3.11. The molecule has 3 amide bonds. The van der Waals surface area contributed by atoms with Crippen molar-refractivity contribution in [2.24, 2.45) is 5.73 Å². The van der Waals surface area contributed by atoms with Crippen molar-refractivity contribution >= 4 is 34.1 Å². The number of rotatable bonds is 7. The number of ether oxygens (including phenoxy) is 2. The maximum atomic E-state index is 12.3. The quantitative estimate of drug-likeness (QED) is 0.580. The molecule has 1 aromatic heterocycles. The first-order valence-electron chi connectivity index (χ1n) is 9.69. The molecule has 1 aliphatic rings. The van der Waals surface area contributed by atoms with Gasteiger partial charge in [0, 0.05) is 11.4 Å². The number of hydrogen-bond acceptors (Lipinski definition) is 6. The molecule has 0 spiro atoms. The molecule has 8 nitrogen and oxygen atoms in total. The zero-order valence-electron chi connectivity index (χ0n) is 17.0. The summed E-state index contributed by atoms with van der Waals surface area (Å²) in [6.07, 6.45) is 4.15. The second-order valence-corrected chi connectivity index (χ2v) is 8.03. The highest BCUT2D eigenvalue weighted by Crippen LogP contribution is 2.37. The monoisotopic (exact) mass is 431 g/mol. The first-order valence-corrected chi connectivity index (χ1v) is 10.5. The number of benzene rings is 1. The van der Waals surface area contributed by atoms with Crippen LogP contribution in [0.5, 0.6) is 11.5 Å². The SMILES string of the molecule is COc1ccc(CCNC(=O)C(=O)Nc2sc3c(c2C(N)=O)CCCC3)cc1OC. The minimum Gasteiger partial charge on any atom is -0.493 e. The van der Waals surface area contributed by atoms with Crippen molar-refractivity contribution < 1.29 is 23.9 Å². The minimum atomic E-state index is -0.816. The predicted molar refractivity (Wildman–Crippen MR) is 114 cm³/mol. The van der Waals surface area contributed by atoms with Crippen molar-refractivity contribution in [1.82, 2.24) is 5.32 Å². The average molecular weight is 432 g/mol. The van der Waals surface area contributed by atoms with Gasteiger partial charge >= 0.3 is 11.8 Å². The molecule has 0 saturated heterocycles. The highest BCUT2D eigenvalue weighted by molar-refractivity contribution is 7.17. The number of carbonyl (C=O) groups excluding carboxylic acids is 3. The lowest BCUT2D eigenvalue weighted by atomic mass is 9.95.